The van der Waals surface area contributed by atoms with E-state index in [1.54, 1.807) is 6.92 Å². The number of hydrogen-bond donors (Lipinski definition) is 2. The first kappa shape index (κ1) is 18.6. The molecule has 1 fully saturated rings. The number of allylic oxidation sites excluding steroid dienone is 1. The lowest BCUT2D eigenvalue weighted by Gasteiger charge is -2.33. The standard InChI is InChI=1S/C19H28N2O3/c1-19(23,16-21-11-13-24-14-12-21)15-20-18(22)10-6-5-9-17-7-3-2-4-8-17/h2-5,7-9,23H,6,10-16H2,1H3,(H,20,22)/b9-5+. The van der Waals surface area contributed by atoms with Crippen molar-refractivity contribution in [3.05, 3.63) is 42.0 Å². The van der Waals surface area contributed by atoms with Gasteiger partial charge in [-0.15, -0.1) is 0 Å². The van der Waals surface area contributed by atoms with E-state index in [4.69, 9.17) is 4.74 Å². The van der Waals surface area contributed by atoms with E-state index in [9.17, 15) is 9.90 Å². The zero-order valence-corrected chi connectivity index (χ0v) is 14.4. The molecule has 1 aromatic rings. The van der Waals surface area contributed by atoms with Gasteiger partial charge in [0.15, 0.2) is 0 Å². The van der Waals surface area contributed by atoms with Gasteiger partial charge in [-0.1, -0.05) is 42.5 Å². The number of morpholine rings is 1. The van der Waals surface area contributed by atoms with Gasteiger partial charge in [0, 0.05) is 32.6 Å². The fourth-order valence-corrected chi connectivity index (χ4v) is 2.67. The van der Waals surface area contributed by atoms with Crippen LogP contribution >= 0.6 is 0 Å². The molecule has 2 rings (SSSR count). The smallest absolute Gasteiger partial charge is 0.220 e. The first-order valence-electron chi connectivity index (χ1n) is 8.56. The molecule has 5 heteroatoms. The van der Waals surface area contributed by atoms with Crippen molar-refractivity contribution in [1.29, 1.82) is 0 Å². The molecule has 1 aliphatic heterocycles. The lowest BCUT2D eigenvalue weighted by molar-refractivity contribution is -0.122. The van der Waals surface area contributed by atoms with Crippen LogP contribution in [-0.2, 0) is 9.53 Å². The van der Waals surface area contributed by atoms with Crippen LogP contribution in [0.25, 0.3) is 6.08 Å². The van der Waals surface area contributed by atoms with Gasteiger partial charge in [0.05, 0.1) is 18.8 Å². The molecule has 0 spiro atoms. The summed E-state index contributed by atoms with van der Waals surface area (Å²) in [4.78, 5) is 14.1. The maximum absolute atomic E-state index is 11.9. The summed E-state index contributed by atoms with van der Waals surface area (Å²) in [7, 11) is 0. The van der Waals surface area contributed by atoms with Crippen LogP contribution in [0, 0.1) is 0 Å². The van der Waals surface area contributed by atoms with E-state index in [2.05, 4.69) is 10.2 Å². The third-order valence-corrected chi connectivity index (χ3v) is 3.98. The average molecular weight is 332 g/mol. The van der Waals surface area contributed by atoms with Crippen molar-refractivity contribution in [3.63, 3.8) is 0 Å². The van der Waals surface area contributed by atoms with E-state index in [1.165, 1.54) is 0 Å². The van der Waals surface area contributed by atoms with Crippen LogP contribution in [0.5, 0.6) is 0 Å². The Morgan fingerprint density at radius 2 is 2.04 bits per heavy atom. The second kappa shape index (κ2) is 9.57. The molecule has 1 aromatic carbocycles. The number of β-amino-alcohol motifs (C(OH)–C–C–N with tert-alkyl or cyclic N) is 1. The normalized spacial score (nSPS) is 18.4. The summed E-state index contributed by atoms with van der Waals surface area (Å²) in [5.41, 5.74) is 0.207. The van der Waals surface area contributed by atoms with Crippen molar-refractivity contribution in [1.82, 2.24) is 10.2 Å². The van der Waals surface area contributed by atoms with Crippen LogP contribution in [0.3, 0.4) is 0 Å². The Labute approximate surface area is 144 Å². The predicted molar refractivity (Wildman–Crippen MR) is 95.6 cm³/mol. The molecule has 1 aliphatic rings. The monoisotopic (exact) mass is 332 g/mol. The molecule has 1 amide bonds. The van der Waals surface area contributed by atoms with Gasteiger partial charge in [-0.05, 0) is 18.9 Å². The number of aliphatic hydroxyl groups is 1. The molecule has 1 saturated heterocycles. The fraction of sp³-hybridized carbons (Fsp3) is 0.526. The topological polar surface area (TPSA) is 61.8 Å². The Kier molecular flexibility index (Phi) is 7.43. The molecule has 1 heterocycles. The van der Waals surface area contributed by atoms with Crippen LogP contribution in [-0.4, -0.2) is 60.9 Å². The highest BCUT2D eigenvalue weighted by Crippen LogP contribution is 2.08. The van der Waals surface area contributed by atoms with Crippen LogP contribution in [0.4, 0.5) is 0 Å². The van der Waals surface area contributed by atoms with Crippen LogP contribution in [0.1, 0.15) is 25.3 Å². The average Bonchev–Trinajstić information content (AvgIpc) is 2.58. The Bertz CT molecular complexity index is 523. The SMILES string of the molecule is CC(O)(CNC(=O)CC/C=C/c1ccccc1)CN1CCOCC1. The molecule has 5 nitrogen and oxygen atoms in total. The number of ether oxygens (including phenoxy) is 1. The molecule has 0 bridgehead atoms. The van der Waals surface area contributed by atoms with Crippen molar-refractivity contribution < 1.29 is 14.6 Å². The Hall–Kier alpha value is -1.69. The maximum atomic E-state index is 11.9. The molecular weight excluding hydrogens is 304 g/mol. The Morgan fingerprint density at radius 1 is 1.33 bits per heavy atom. The van der Waals surface area contributed by atoms with Crippen molar-refractivity contribution in [2.45, 2.75) is 25.4 Å². The van der Waals surface area contributed by atoms with Gasteiger partial charge in [0.2, 0.25) is 5.91 Å². The number of benzene rings is 1. The van der Waals surface area contributed by atoms with E-state index in [0.29, 0.717) is 32.6 Å². The highest BCUT2D eigenvalue weighted by atomic mass is 16.5. The molecule has 0 aliphatic carbocycles. The third-order valence-electron chi connectivity index (χ3n) is 3.98. The second-order valence-corrected chi connectivity index (χ2v) is 6.51. The van der Waals surface area contributed by atoms with Crippen molar-refractivity contribution >= 4 is 12.0 Å². The molecular formula is C19H28N2O3. The summed E-state index contributed by atoms with van der Waals surface area (Å²) in [5.74, 6) is -0.0324. The van der Waals surface area contributed by atoms with Gasteiger partial charge in [0.25, 0.3) is 0 Å². The van der Waals surface area contributed by atoms with Gasteiger partial charge in [-0.25, -0.2) is 0 Å². The number of hydrogen-bond acceptors (Lipinski definition) is 4. The quantitative estimate of drug-likeness (QED) is 0.760. The lowest BCUT2D eigenvalue weighted by atomic mass is 10.1. The molecule has 0 aromatic heterocycles. The molecule has 132 valence electrons. The molecule has 24 heavy (non-hydrogen) atoms. The predicted octanol–water partition coefficient (Wildman–Crippen LogP) is 1.68. The summed E-state index contributed by atoms with van der Waals surface area (Å²) in [6, 6.07) is 10.0. The van der Waals surface area contributed by atoms with Gasteiger partial charge in [0.1, 0.15) is 0 Å². The molecule has 0 radical (unpaired) electrons. The van der Waals surface area contributed by atoms with Crippen molar-refractivity contribution in [2.24, 2.45) is 0 Å². The highest BCUT2D eigenvalue weighted by molar-refractivity contribution is 5.76. The first-order valence-corrected chi connectivity index (χ1v) is 8.56. The number of nitrogens with one attached hydrogen (secondary N) is 1. The number of carbonyl (C=O) groups is 1. The molecule has 1 atom stereocenters. The van der Waals surface area contributed by atoms with E-state index >= 15 is 0 Å². The van der Waals surface area contributed by atoms with Crippen LogP contribution in [0.15, 0.2) is 36.4 Å². The lowest BCUT2D eigenvalue weighted by Crippen LogP contribution is -2.51. The van der Waals surface area contributed by atoms with E-state index in [0.717, 1.165) is 18.7 Å². The first-order chi connectivity index (χ1) is 11.6. The summed E-state index contributed by atoms with van der Waals surface area (Å²) >= 11 is 0. The maximum Gasteiger partial charge on any atom is 0.220 e. The zero-order chi connectivity index (χ0) is 17.3. The van der Waals surface area contributed by atoms with Gasteiger partial charge >= 0.3 is 0 Å². The van der Waals surface area contributed by atoms with E-state index in [-0.39, 0.29) is 12.5 Å². The Morgan fingerprint density at radius 3 is 2.75 bits per heavy atom. The number of rotatable bonds is 8. The zero-order valence-electron chi connectivity index (χ0n) is 14.4. The van der Waals surface area contributed by atoms with Gasteiger partial charge in [-0.2, -0.15) is 0 Å². The van der Waals surface area contributed by atoms with E-state index < -0.39 is 5.60 Å². The minimum atomic E-state index is -0.924. The van der Waals surface area contributed by atoms with Gasteiger partial charge < -0.3 is 15.2 Å². The molecule has 2 N–H and O–H groups in total. The largest absolute Gasteiger partial charge is 0.387 e. The second-order valence-electron chi connectivity index (χ2n) is 6.51. The number of carbonyl (C=O) groups excluding carboxylic acids is 1. The summed E-state index contributed by atoms with van der Waals surface area (Å²) in [6.07, 6.45) is 5.13. The van der Waals surface area contributed by atoms with Crippen LogP contribution in [0.2, 0.25) is 0 Å². The van der Waals surface area contributed by atoms with Crippen molar-refractivity contribution in [2.75, 3.05) is 39.4 Å². The fourth-order valence-electron chi connectivity index (χ4n) is 2.67. The minimum Gasteiger partial charge on any atom is -0.387 e. The Balaban J connectivity index is 1.63. The third kappa shape index (κ3) is 7.25. The highest BCUT2D eigenvalue weighted by Gasteiger charge is 2.25. The number of amides is 1. The molecule has 1 unspecified atom stereocenters. The van der Waals surface area contributed by atoms with Gasteiger partial charge in [-0.3, -0.25) is 9.69 Å². The summed E-state index contributed by atoms with van der Waals surface area (Å²) in [6.45, 7) is 5.64. The van der Waals surface area contributed by atoms with E-state index in [1.807, 2.05) is 42.5 Å². The number of nitrogens with zero attached hydrogens (tertiary/aromatic N) is 1. The summed E-state index contributed by atoms with van der Waals surface area (Å²) in [5, 5.41) is 13.3. The molecule has 0 saturated carbocycles. The summed E-state index contributed by atoms with van der Waals surface area (Å²) < 4.78 is 5.30. The van der Waals surface area contributed by atoms with Crippen molar-refractivity contribution in [3.8, 4) is 0 Å². The van der Waals surface area contributed by atoms with Crippen LogP contribution < -0.4 is 5.32 Å². The minimum absolute atomic E-state index is 0.0324.